The van der Waals surface area contributed by atoms with E-state index in [0.29, 0.717) is 17.7 Å². The normalized spacial score (nSPS) is 13.2. The first-order valence-corrected chi connectivity index (χ1v) is 11.8. The third kappa shape index (κ3) is 11.2. The van der Waals surface area contributed by atoms with E-state index < -0.39 is 47.7 Å². The summed E-state index contributed by atoms with van der Waals surface area (Å²) in [6.45, 7) is 5.11. The second-order valence-electron chi connectivity index (χ2n) is 8.90. The van der Waals surface area contributed by atoms with Crippen LogP contribution in [0.3, 0.4) is 0 Å². The van der Waals surface area contributed by atoms with Crippen LogP contribution in [0.25, 0.3) is 0 Å². The smallest absolute Gasteiger partial charge is 0.312 e. The zero-order valence-corrected chi connectivity index (χ0v) is 20.9. The van der Waals surface area contributed by atoms with E-state index in [9.17, 15) is 29.1 Å². The van der Waals surface area contributed by atoms with Crippen molar-refractivity contribution < 1.29 is 34.2 Å². The Balaban J connectivity index is 2.92. The number of primary amides is 1. The largest absolute Gasteiger partial charge is 0.481 e. The Morgan fingerprint density at radius 2 is 1.56 bits per heavy atom. The maximum atomic E-state index is 13.1. The summed E-state index contributed by atoms with van der Waals surface area (Å²) in [5, 5.41) is 28.5. The molecule has 0 saturated carbocycles. The standard InChI is InChI=1S/C24H37N5O7/c1-14(2)20(29-21(33)15(3)6-11-19(31)32)23(35)28-18(5-4-12-26-24(25)36)22(34)27-17-9-7-16(13-30)8-10-17/h7-10,14-15,18,20,30H,4-6,11-13H2,1-3H3,(H,27,34)(H,28,35)(H,29,33)(H,31,32)(H3,25,26,36)/t15-,18-,20-/m0/s1. The van der Waals surface area contributed by atoms with Crippen LogP contribution in [0.2, 0.25) is 0 Å². The van der Waals surface area contributed by atoms with Crippen molar-refractivity contribution in [2.24, 2.45) is 17.6 Å². The van der Waals surface area contributed by atoms with Crippen molar-refractivity contribution in [3.8, 4) is 0 Å². The highest BCUT2D eigenvalue weighted by Crippen LogP contribution is 2.13. The number of nitrogens with one attached hydrogen (secondary N) is 4. The Morgan fingerprint density at radius 3 is 2.08 bits per heavy atom. The van der Waals surface area contributed by atoms with Crippen LogP contribution in [-0.4, -0.2) is 58.6 Å². The quantitative estimate of drug-likeness (QED) is 0.169. The molecule has 0 unspecified atom stereocenters. The number of benzene rings is 1. The van der Waals surface area contributed by atoms with Gasteiger partial charge in [-0.3, -0.25) is 19.2 Å². The molecule has 0 aliphatic heterocycles. The van der Waals surface area contributed by atoms with Gasteiger partial charge in [-0.05, 0) is 42.9 Å². The first kappa shape index (κ1) is 30.4. The molecule has 200 valence electrons. The highest BCUT2D eigenvalue weighted by Gasteiger charge is 2.30. The molecule has 1 rings (SSSR count). The summed E-state index contributed by atoms with van der Waals surface area (Å²) >= 11 is 0. The van der Waals surface area contributed by atoms with Crippen molar-refractivity contribution in [1.29, 1.82) is 0 Å². The van der Waals surface area contributed by atoms with Crippen molar-refractivity contribution in [2.45, 2.75) is 65.1 Å². The Bertz CT molecular complexity index is 905. The van der Waals surface area contributed by atoms with Crippen LogP contribution < -0.4 is 27.0 Å². The van der Waals surface area contributed by atoms with E-state index in [0.717, 1.165) is 0 Å². The fourth-order valence-corrected chi connectivity index (χ4v) is 3.27. The number of nitrogens with two attached hydrogens (primary N) is 1. The average Bonchev–Trinajstić information content (AvgIpc) is 2.82. The van der Waals surface area contributed by atoms with Gasteiger partial charge in [0, 0.05) is 24.6 Å². The van der Waals surface area contributed by atoms with Crippen molar-refractivity contribution >= 4 is 35.4 Å². The number of aliphatic hydroxyl groups is 1. The lowest BCUT2D eigenvalue weighted by Gasteiger charge is -2.26. The molecular weight excluding hydrogens is 470 g/mol. The molecule has 0 spiro atoms. The molecule has 0 aromatic heterocycles. The number of carboxylic acid groups (broad SMARTS) is 1. The van der Waals surface area contributed by atoms with Crippen molar-refractivity contribution in [2.75, 3.05) is 11.9 Å². The van der Waals surface area contributed by atoms with Gasteiger partial charge in [0.1, 0.15) is 12.1 Å². The van der Waals surface area contributed by atoms with E-state index in [4.69, 9.17) is 10.8 Å². The van der Waals surface area contributed by atoms with E-state index in [2.05, 4.69) is 21.3 Å². The molecular formula is C24H37N5O7. The number of hydrogen-bond acceptors (Lipinski definition) is 6. The minimum Gasteiger partial charge on any atom is -0.481 e. The van der Waals surface area contributed by atoms with Gasteiger partial charge < -0.3 is 37.2 Å². The molecule has 0 radical (unpaired) electrons. The lowest BCUT2D eigenvalue weighted by Crippen LogP contribution is -2.55. The fraction of sp³-hybridized carbons (Fsp3) is 0.542. The van der Waals surface area contributed by atoms with Crippen molar-refractivity contribution in [3.63, 3.8) is 0 Å². The second kappa shape index (κ2) is 15.4. The second-order valence-corrected chi connectivity index (χ2v) is 8.90. The maximum absolute atomic E-state index is 13.1. The summed E-state index contributed by atoms with van der Waals surface area (Å²) in [5.74, 6) is -3.47. The van der Waals surface area contributed by atoms with Crippen LogP contribution in [0, 0.1) is 11.8 Å². The number of anilines is 1. The monoisotopic (exact) mass is 507 g/mol. The predicted octanol–water partition coefficient (Wildman–Crippen LogP) is 0.692. The third-order valence-corrected chi connectivity index (χ3v) is 5.49. The lowest BCUT2D eigenvalue weighted by molar-refractivity contribution is -0.138. The van der Waals surface area contributed by atoms with E-state index in [1.807, 2.05) is 0 Å². The zero-order chi connectivity index (χ0) is 27.3. The molecule has 36 heavy (non-hydrogen) atoms. The molecule has 3 atom stereocenters. The van der Waals surface area contributed by atoms with Crippen LogP contribution in [0.1, 0.15) is 52.0 Å². The summed E-state index contributed by atoms with van der Waals surface area (Å²) in [7, 11) is 0. The molecule has 8 N–H and O–H groups in total. The molecule has 0 aliphatic carbocycles. The Labute approximate surface area is 210 Å². The molecule has 0 heterocycles. The zero-order valence-electron chi connectivity index (χ0n) is 20.9. The first-order valence-electron chi connectivity index (χ1n) is 11.8. The van der Waals surface area contributed by atoms with Gasteiger partial charge in [0.15, 0.2) is 0 Å². The minimum atomic E-state index is -1.02. The Morgan fingerprint density at radius 1 is 0.917 bits per heavy atom. The molecule has 5 amide bonds. The SMILES string of the molecule is CC(C)[C@H](NC(=O)[C@@H](C)CCC(=O)O)C(=O)N[C@@H](CCCNC(N)=O)C(=O)Nc1ccc(CO)cc1. The Hall–Kier alpha value is -3.67. The van der Waals surface area contributed by atoms with Gasteiger partial charge in [0.25, 0.3) is 0 Å². The van der Waals surface area contributed by atoms with Gasteiger partial charge in [-0.25, -0.2) is 4.79 Å². The fourth-order valence-electron chi connectivity index (χ4n) is 3.27. The summed E-state index contributed by atoms with van der Waals surface area (Å²) in [4.78, 5) is 60.3. The molecule has 0 aliphatic rings. The molecule has 0 fully saturated rings. The molecule has 0 bridgehead atoms. The predicted molar refractivity (Wildman–Crippen MR) is 133 cm³/mol. The topological polar surface area (TPSA) is 200 Å². The first-order chi connectivity index (χ1) is 16.9. The molecule has 0 saturated heterocycles. The van der Waals surface area contributed by atoms with Crippen molar-refractivity contribution in [3.05, 3.63) is 29.8 Å². The van der Waals surface area contributed by atoms with Gasteiger partial charge in [-0.2, -0.15) is 0 Å². The summed E-state index contributed by atoms with van der Waals surface area (Å²) in [6.07, 6.45) is 0.477. The number of carboxylic acids is 1. The van der Waals surface area contributed by atoms with Crippen LogP contribution in [-0.2, 0) is 25.8 Å². The molecule has 1 aromatic carbocycles. The van der Waals surface area contributed by atoms with Crippen LogP contribution in [0.4, 0.5) is 10.5 Å². The van der Waals surface area contributed by atoms with E-state index in [1.165, 1.54) is 0 Å². The third-order valence-electron chi connectivity index (χ3n) is 5.49. The number of carbonyl (C=O) groups is 5. The lowest BCUT2D eigenvalue weighted by atomic mass is 9.99. The maximum Gasteiger partial charge on any atom is 0.312 e. The molecule has 1 aromatic rings. The van der Waals surface area contributed by atoms with Crippen LogP contribution >= 0.6 is 0 Å². The average molecular weight is 508 g/mol. The number of rotatable bonds is 15. The van der Waals surface area contributed by atoms with Gasteiger partial charge in [-0.1, -0.05) is 32.9 Å². The van der Waals surface area contributed by atoms with Gasteiger partial charge in [0.05, 0.1) is 6.61 Å². The number of aliphatic hydroxyl groups excluding tert-OH is 1. The van der Waals surface area contributed by atoms with E-state index >= 15 is 0 Å². The highest BCUT2D eigenvalue weighted by atomic mass is 16.4. The Kier molecular flexibility index (Phi) is 12.9. The summed E-state index contributed by atoms with van der Waals surface area (Å²) in [5.41, 5.74) is 6.20. The molecule has 12 nitrogen and oxygen atoms in total. The van der Waals surface area contributed by atoms with Gasteiger partial charge >= 0.3 is 12.0 Å². The van der Waals surface area contributed by atoms with Gasteiger partial charge in [-0.15, -0.1) is 0 Å². The van der Waals surface area contributed by atoms with Crippen LogP contribution in [0.15, 0.2) is 24.3 Å². The number of aliphatic carboxylic acids is 1. The molecule has 12 heteroatoms. The van der Waals surface area contributed by atoms with Crippen LogP contribution in [0.5, 0.6) is 0 Å². The minimum absolute atomic E-state index is 0.126. The summed E-state index contributed by atoms with van der Waals surface area (Å²) < 4.78 is 0. The number of urea groups is 1. The number of hydrogen-bond donors (Lipinski definition) is 7. The van der Waals surface area contributed by atoms with E-state index in [1.54, 1.807) is 45.0 Å². The highest BCUT2D eigenvalue weighted by molar-refractivity contribution is 5.98. The summed E-state index contributed by atoms with van der Waals surface area (Å²) in [6, 6.07) is 3.90. The van der Waals surface area contributed by atoms with Crippen molar-refractivity contribution in [1.82, 2.24) is 16.0 Å². The number of carbonyl (C=O) groups excluding carboxylic acids is 4. The number of amides is 5. The van der Waals surface area contributed by atoms with E-state index in [-0.39, 0.29) is 38.3 Å². The van der Waals surface area contributed by atoms with Gasteiger partial charge in [0.2, 0.25) is 17.7 Å².